The lowest BCUT2D eigenvalue weighted by Crippen LogP contribution is -2.47. The van der Waals surface area contributed by atoms with Crippen LogP contribution in [-0.2, 0) is 17.8 Å². The average Bonchev–Trinajstić information content (AvgIpc) is 2.85. The van der Waals surface area contributed by atoms with Crippen molar-refractivity contribution in [2.45, 2.75) is 13.0 Å². The van der Waals surface area contributed by atoms with E-state index >= 15 is 0 Å². The molecule has 0 atom stereocenters. The maximum absolute atomic E-state index is 13.8. The van der Waals surface area contributed by atoms with Crippen molar-refractivity contribution < 1.29 is 23.8 Å². The molecule has 1 saturated heterocycles. The molecule has 1 aliphatic heterocycles. The number of halogens is 1. The van der Waals surface area contributed by atoms with Gasteiger partial charge in [-0.25, -0.2) is 4.39 Å². The van der Waals surface area contributed by atoms with Crippen molar-refractivity contribution in [2.24, 2.45) is 0 Å². The van der Waals surface area contributed by atoms with Gasteiger partial charge in [-0.15, -0.1) is 0 Å². The number of carboxylic acids is 1. The molecular weight excluding hydrogens is 435 g/mol. The van der Waals surface area contributed by atoms with Crippen LogP contribution in [0.1, 0.15) is 11.1 Å². The molecule has 0 radical (unpaired) electrons. The molecule has 0 aliphatic carbocycles. The highest BCUT2D eigenvalue weighted by Crippen LogP contribution is 2.23. The summed E-state index contributed by atoms with van der Waals surface area (Å²) in [6, 6.07) is 21.8. The van der Waals surface area contributed by atoms with Gasteiger partial charge in [0, 0.05) is 50.0 Å². The van der Waals surface area contributed by atoms with Crippen molar-refractivity contribution in [2.75, 3.05) is 44.2 Å². The standard InChI is InChI=1S/C27H29FN2O4/c28-26-7-2-1-4-22(26)20-34-25-6-3-5-23(19-25)30-14-12-29(13-15-30)16-17-33-24-10-8-21(9-11-24)18-27(31)32/h1-11,19H,12-18,20H2,(H,31,32). The molecule has 1 fully saturated rings. The minimum Gasteiger partial charge on any atom is -0.492 e. The van der Waals surface area contributed by atoms with Crippen LogP contribution in [0.4, 0.5) is 10.1 Å². The summed E-state index contributed by atoms with van der Waals surface area (Å²) in [4.78, 5) is 15.5. The zero-order valence-corrected chi connectivity index (χ0v) is 19.0. The lowest BCUT2D eigenvalue weighted by Gasteiger charge is -2.36. The van der Waals surface area contributed by atoms with E-state index < -0.39 is 5.97 Å². The molecule has 3 aromatic rings. The number of carbonyl (C=O) groups is 1. The van der Waals surface area contributed by atoms with Gasteiger partial charge >= 0.3 is 5.97 Å². The molecule has 7 heteroatoms. The van der Waals surface area contributed by atoms with Gasteiger partial charge < -0.3 is 19.5 Å². The Balaban J connectivity index is 1.20. The molecule has 1 heterocycles. The van der Waals surface area contributed by atoms with Gasteiger partial charge in [0.25, 0.3) is 0 Å². The number of carboxylic acid groups (broad SMARTS) is 1. The second-order valence-electron chi connectivity index (χ2n) is 8.27. The van der Waals surface area contributed by atoms with Crippen molar-refractivity contribution in [3.05, 3.63) is 89.7 Å². The van der Waals surface area contributed by atoms with E-state index in [-0.39, 0.29) is 18.8 Å². The van der Waals surface area contributed by atoms with Crippen molar-refractivity contribution in [1.29, 1.82) is 0 Å². The number of aliphatic carboxylic acids is 1. The van der Waals surface area contributed by atoms with E-state index in [1.54, 1.807) is 30.3 Å². The van der Waals surface area contributed by atoms with Crippen molar-refractivity contribution in [3.63, 3.8) is 0 Å². The molecule has 1 aliphatic rings. The van der Waals surface area contributed by atoms with Gasteiger partial charge in [-0.3, -0.25) is 9.69 Å². The number of rotatable bonds is 10. The topological polar surface area (TPSA) is 62.2 Å². The predicted molar refractivity (Wildman–Crippen MR) is 129 cm³/mol. The first kappa shape index (κ1) is 23.6. The van der Waals surface area contributed by atoms with E-state index in [1.807, 2.05) is 30.3 Å². The van der Waals surface area contributed by atoms with Gasteiger partial charge in [0.1, 0.15) is 30.5 Å². The quantitative estimate of drug-likeness (QED) is 0.485. The minimum absolute atomic E-state index is 0.0190. The molecule has 0 amide bonds. The number of hydrogen-bond acceptors (Lipinski definition) is 5. The number of ether oxygens (including phenoxy) is 2. The van der Waals surface area contributed by atoms with E-state index in [0.29, 0.717) is 12.2 Å². The van der Waals surface area contributed by atoms with Crippen LogP contribution in [0.15, 0.2) is 72.8 Å². The molecule has 178 valence electrons. The van der Waals surface area contributed by atoms with Crippen molar-refractivity contribution in [3.8, 4) is 11.5 Å². The maximum Gasteiger partial charge on any atom is 0.307 e. The van der Waals surface area contributed by atoms with Crippen LogP contribution < -0.4 is 14.4 Å². The normalized spacial score (nSPS) is 14.1. The number of hydrogen-bond donors (Lipinski definition) is 1. The number of piperazine rings is 1. The first-order valence-corrected chi connectivity index (χ1v) is 11.4. The Labute approximate surface area is 199 Å². The van der Waals surface area contributed by atoms with Gasteiger partial charge in [0.05, 0.1) is 6.42 Å². The van der Waals surface area contributed by atoms with Gasteiger partial charge in [0.2, 0.25) is 0 Å². The Kier molecular flexibility index (Phi) is 7.99. The molecule has 34 heavy (non-hydrogen) atoms. The van der Waals surface area contributed by atoms with Crippen LogP contribution in [0, 0.1) is 5.82 Å². The first-order chi connectivity index (χ1) is 16.6. The second kappa shape index (κ2) is 11.5. The third-order valence-electron chi connectivity index (χ3n) is 5.86. The zero-order valence-electron chi connectivity index (χ0n) is 19.0. The smallest absolute Gasteiger partial charge is 0.307 e. The Bertz CT molecular complexity index is 1080. The van der Waals surface area contributed by atoms with E-state index in [1.165, 1.54) is 6.07 Å². The van der Waals surface area contributed by atoms with Crippen LogP contribution in [-0.4, -0.2) is 55.3 Å². The molecule has 0 aromatic heterocycles. The number of anilines is 1. The molecule has 0 saturated carbocycles. The third kappa shape index (κ3) is 6.71. The highest BCUT2D eigenvalue weighted by Gasteiger charge is 2.17. The van der Waals surface area contributed by atoms with Gasteiger partial charge in [-0.2, -0.15) is 0 Å². The predicted octanol–water partition coefficient (Wildman–Crippen LogP) is 4.23. The molecule has 6 nitrogen and oxygen atoms in total. The van der Waals surface area contributed by atoms with E-state index in [9.17, 15) is 9.18 Å². The lowest BCUT2D eigenvalue weighted by atomic mass is 10.1. The Morgan fingerprint density at radius 2 is 1.65 bits per heavy atom. The molecule has 1 N–H and O–H groups in total. The third-order valence-corrected chi connectivity index (χ3v) is 5.86. The number of nitrogens with zero attached hydrogens (tertiary/aromatic N) is 2. The largest absolute Gasteiger partial charge is 0.492 e. The monoisotopic (exact) mass is 464 g/mol. The van der Waals surface area contributed by atoms with Gasteiger partial charge in [-0.05, 0) is 35.9 Å². The van der Waals surface area contributed by atoms with Crippen molar-refractivity contribution in [1.82, 2.24) is 4.90 Å². The highest BCUT2D eigenvalue weighted by molar-refractivity contribution is 5.70. The molecular formula is C27H29FN2O4. The highest BCUT2D eigenvalue weighted by atomic mass is 19.1. The van der Waals surface area contributed by atoms with Crippen LogP contribution >= 0.6 is 0 Å². The maximum atomic E-state index is 13.8. The molecule has 0 spiro atoms. The molecule has 3 aromatic carbocycles. The van der Waals surface area contributed by atoms with Crippen LogP contribution in [0.25, 0.3) is 0 Å². The SMILES string of the molecule is O=C(O)Cc1ccc(OCCN2CCN(c3cccc(OCc4ccccc4F)c3)CC2)cc1. The first-order valence-electron chi connectivity index (χ1n) is 11.4. The average molecular weight is 465 g/mol. The molecule has 0 unspecified atom stereocenters. The van der Waals surface area contributed by atoms with Gasteiger partial charge in [-0.1, -0.05) is 36.4 Å². The lowest BCUT2D eigenvalue weighted by molar-refractivity contribution is -0.136. The van der Waals surface area contributed by atoms with Crippen LogP contribution in [0.3, 0.4) is 0 Å². The number of benzene rings is 3. The van der Waals surface area contributed by atoms with Crippen LogP contribution in [0.5, 0.6) is 11.5 Å². The summed E-state index contributed by atoms with van der Waals surface area (Å²) in [6.45, 7) is 5.28. The summed E-state index contributed by atoms with van der Waals surface area (Å²) < 4.78 is 25.5. The van der Waals surface area contributed by atoms with Crippen molar-refractivity contribution >= 4 is 11.7 Å². The second-order valence-corrected chi connectivity index (χ2v) is 8.27. The summed E-state index contributed by atoms with van der Waals surface area (Å²) in [7, 11) is 0. The summed E-state index contributed by atoms with van der Waals surface area (Å²) in [5.41, 5.74) is 2.40. The van der Waals surface area contributed by atoms with Crippen LogP contribution in [0.2, 0.25) is 0 Å². The van der Waals surface area contributed by atoms with E-state index in [0.717, 1.165) is 55.5 Å². The zero-order chi connectivity index (χ0) is 23.8. The fourth-order valence-corrected chi connectivity index (χ4v) is 3.95. The Morgan fingerprint density at radius 3 is 2.38 bits per heavy atom. The fraction of sp³-hybridized carbons (Fsp3) is 0.296. The summed E-state index contributed by atoms with van der Waals surface area (Å²) in [6.07, 6.45) is 0.0190. The fourth-order valence-electron chi connectivity index (χ4n) is 3.95. The molecule has 4 rings (SSSR count). The minimum atomic E-state index is -0.838. The van der Waals surface area contributed by atoms with E-state index in [2.05, 4.69) is 15.9 Å². The summed E-state index contributed by atoms with van der Waals surface area (Å²) >= 11 is 0. The summed E-state index contributed by atoms with van der Waals surface area (Å²) in [5.74, 6) is 0.384. The molecule has 0 bridgehead atoms. The Hall–Kier alpha value is -3.58. The van der Waals surface area contributed by atoms with E-state index in [4.69, 9.17) is 14.6 Å². The summed E-state index contributed by atoms with van der Waals surface area (Å²) in [5, 5.41) is 8.84. The van der Waals surface area contributed by atoms with Gasteiger partial charge in [0.15, 0.2) is 0 Å². The Morgan fingerprint density at radius 1 is 0.882 bits per heavy atom.